The lowest BCUT2D eigenvalue weighted by Crippen LogP contribution is -2.18. The first-order valence-corrected chi connectivity index (χ1v) is 7.51. The van der Waals surface area contributed by atoms with E-state index < -0.39 is 6.09 Å². The van der Waals surface area contributed by atoms with Crippen LogP contribution in [0.4, 0.5) is 22.1 Å². The maximum absolute atomic E-state index is 12.1. The molecule has 3 aromatic heterocycles. The number of carbonyl (C=O) groups is 1. The number of rotatable bonds is 4. The molecular formula is C16H17N7O2. The van der Waals surface area contributed by atoms with Gasteiger partial charge >= 0.3 is 6.09 Å². The molecule has 0 aromatic carbocycles. The zero-order chi connectivity index (χ0) is 17.8. The van der Waals surface area contributed by atoms with Gasteiger partial charge in [-0.1, -0.05) is 0 Å². The van der Waals surface area contributed by atoms with Crippen molar-refractivity contribution < 1.29 is 9.53 Å². The molecule has 128 valence electrons. The highest BCUT2D eigenvalue weighted by atomic mass is 16.6. The SMILES string of the molecule is Cc1cncc(Nc2ccc(C)nc2OC(=O)Nc2ccn(C)n2)n1. The third kappa shape index (κ3) is 4.28. The highest BCUT2D eigenvalue weighted by Gasteiger charge is 2.13. The number of hydrogen-bond acceptors (Lipinski definition) is 7. The van der Waals surface area contributed by atoms with E-state index in [1.807, 2.05) is 6.92 Å². The van der Waals surface area contributed by atoms with Gasteiger partial charge in [0.15, 0.2) is 5.82 Å². The molecule has 3 heterocycles. The van der Waals surface area contributed by atoms with E-state index in [-0.39, 0.29) is 5.88 Å². The number of hydrogen-bond donors (Lipinski definition) is 2. The molecule has 3 rings (SSSR count). The molecule has 0 bridgehead atoms. The van der Waals surface area contributed by atoms with Crippen LogP contribution in [0.2, 0.25) is 0 Å². The Morgan fingerprint density at radius 1 is 1.08 bits per heavy atom. The Kier molecular flexibility index (Phi) is 4.55. The quantitative estimate of drug-likeness (QED) is 0.752. The van der Waals surface area contributed by atoms with Crippen molar-refractivity contribution in [3.05, 3.63) is 48.2 Å². The van der Waals surface area contributed by atoms with Gasteiger partial charge in [-0.2, -0.15) is 5.10 Å². The summed E-state index contributed by atoms with van der Waals surface area (Å²) >= 11 is 0. The topological polar surface area (TPSA) is 107 Å². The zero-order valence-electron chi connectivity index (χ0n) is 14.0. The van der Waals surface area contributed by atoms with Gasteiger partial charge < -0.3 is 10.1 Å². The highest BCUT2D eigenvalue weighted by molar-refractivity contribution is 5.85. The molecule has 1 amide bonds. The Balaban J connectivity index is 1.77. The van der Waals surface area contributed by atoms with Gasteiger partial charge in [0.2, 0.25) is 5.88 Å². The molecule has 0 saturated carbocycles. The second-order valence-electron chi connectivity index (χ2n) is 5.37. The molecule has 2 N–H and O–H groups in total. The van der Waals surface area contributed by atoms with Gasteiger partial charge in [-0.3, -0.25) is 15.0 Å². The van der Waals surface area contributed by atoms with Crippen molar-refractivity contribution in [1.29, 1.82) is 0 Å². The maximum atomic E-state index is 12.1. The summed E-state index contributed by atoms with van der Waals surface area (Å²) in [6.45, 7) is 3.64. The average Bonchev–Trinajstić information content (AvgIpc) is 2.95. The molecule has 25 heavy (non-hydrogen) atoms. The number of anilines is 3. The summed E-state index contributed by atoms with van der Waals surface area (Å²) in [5.41, 5.74) is 1.98. The molecule has 0 spiro atoms. The summed E-state index contributed by atoms with van der Waals surface area (Å²) in [5.74, 6) is 1.05. The summed E-state index contributed by atoms with van der Waals surface area (Å²) in [4.78, 5) is 24.7. The molecule has 9 heteroatoms. The normalized spacial score (nSPS) is 10.4. The number of aryl methyl sites for hydroxylation is 3. The van der Waals surface area contributed by atoms with Gasteiger partial charge in [-0.25, -0.2) is 14.8 Å². The maximum Gasteiger partial charge on any atom is 0.419 e. The fraction of sp³-hybridized carbons (Fsp3) is 0.188. The summed E-state index contributed by atoms with van der Waals surface area (Å²) in [7, 11) is 1.75. The largest absolute Gasteiger partial charge is 0.419 e. The van der Waals surface area contributed by atoms with Crippen LogP contribution in [0.3, 0.4) is 0 Å². The van der Waals surface area contributed by atoms with Gasteiger partial charge in [0, 0.05) is 31.2 Å². The van der Waals surface area contributed by atoms with Gasteiger partial charge in [0.05, 0.1) is 11.9 Å². The number of nitrogens with one attached hydrogen (secondary N) is 2. The van der Waals surface area contributed by atoms with Gasteiger partial charge in [0.1, 0.15) is 11.5 Å². The molecule has 3 aromatic rings. The van der Waals surface area contributed by atoms with E-state index in [0.29, 0.717) is 23.0 Å². The van der Waals surface area contributed by atoms with E-state index >= 15 is 0 Å². The van der Waals surface area contributed by atoms with E-state index in [4.69, 9.17) is 4.74 Å². The first-order chi connectivity index (χ1) is 12.0. The van der Waals surface area contributed by atoms with Crippen LogP contribution in [-0.4, -0.2) is 30.8 Å². The summed E-state index contributed by atoms with van der Waals surface area (Å²) < 4.78 is 6.89. The van der Waals surface area contributed by atoms with Crippen molar-refractivity contribution in [3.8, 4) is 5.88 Å². The van der Waals surface area contributed by atoms with Crippen molar-refractivity contribution in [2.75, 3.05) is 10.6 Å². The van der Waals surface area contributed by atoms with Crippen LogP contribution in [0.15, 0.2) is 36.8 Å². The predicted molar refractivity (Wildman–Crippen MR) is 91.9 cm³/mol. The second kappa shape index (κ2) is 6.95. The van der Waals surface area contributed by atoms with Crippen LogP contribution in [-0.2, 0) is 7.05 Å². The van der Waals surface area contributed by atoms with Gasteiger partial charge in [-0.15, -0.1) is 0 Å². The summed E-state index contributed by atoms with van der Waals surface area (Å²) in [5, 5.41) is 9.66. The average molecular weight is 339 g/mol. The molecule has 0 unspecified atom stereocenters. The second-order valence-corrected chi connectivity index (χ2v) is 5.37. The van der Waals surface area contributed by atoms with E-state index in [0.717, 1.165) is 5.69 Å². The van der Waals surface area contributed by atoms with Crippen molar-refractivity contribution in [2.45, 2.75) is 13.8 Å². The van der Waals surface area contributed by atoms with Crippen LogP contribution in [0, 0.1) is 13.8 Å². The van der Waals surface area contributed by atoms with Crippen LogP contribution >= 0.6 is 0 Å². The van der Waals surface area contributed by atoms with Crippen molar-refractivity contribution in [2.24, 2.45) is 7.05 Å². The molecule has 0 aliphatic carbocycles. The van der Waals surface area contributed by atoms with Crippen LogP contribution in [0.1, 0.15) is 11.4 Å². The molecular weight excluding hydrogens is 322 g/mol. The number of ether oxygens (including phenoxy) is 1. The summed E-state index contributed by atoms with van der Waals surface area (Å²) in [6.07, 6.45) is 4.25. The molecule has 0 saturated heterocycles. The first-order valence-electron chi connectivity index (χ1n) is 7.51. The van der Waals surface area contributed by atoms with Gasteiger partial charge in [-0.05, 0) is 26.0 Å². The smallest absolute Gasteiger partial charge is 0.389 e. The van der Waals surface area contributed by atoms with Crippen LogP contribution in [0.25, 0.3) is 0 Å². The van der Waals surface area contributed by atoms with E-state index in [2.05, 4.69) is 30.7 Å². The van der Waals surface area contributed by atoms with Crippen LogP contribution < -0.4 is 15.4 Å². The minimum Gasteiger partial charge on any atom is -0.389 e. The first kappa shape index (κ1) is 16.4. The van der Waals surface area contributed by atoms with Crippen LogP contribution in [0.5, 0.6) is 5.88 Å². The fourth-order valence-corrected chi connectivity index (χ4v) is 2.07. The lowest BCUT2D eigenvalue weighted by Gasteiger charge is -2.11. The third-order valence-electron chi connectivity index (χ3n) is 3.15. The van der Waals surface area contributed by atoms with E-state index in [1.54, 1.807) is 55.4 Å². The Bertz CT molecular complexity index is 907. The minimum atomic E-state index is -0.685. The number of amides is 1. The Hall–Kier alpha value is -3.49. The fourth-order valence-electron chi connectivity index (χ4n) is 2.07. The monoisotopic (exact) mass is 339 g/mol. The van der Waals surface area contributed by atoms with Crippen molar-refractivity contribution >= 4 is 23.4 Å². The Morgan fingerprint density at radius 3 is 2.64 bits per heavy atom. The lowest BCUT2D eigenvalue weighted by atomic mass is 10.3. The van der Waals surface area contributed by atoms with E-state index in [1.165, 1.54) is 0 Å². The van der Waals surface area contributed by atoms with Crippen molar-refractivity contribution in [1.82, 2.24) is 24.7 Å². The number of carbonyl (C=O) groups excluding carboxylic acids is 1. The standard InChI is InChI=1S/C16H17N7O2/c1-10-4-5-12(20-14-9-17-8-11(2)18-14)15(19-10)25-16(24)21-13-6-7-23(3)22-13/h4-9H,1-3H3,(H,18,20)(H,21,22,24). The summed E-state index contributed by atoms with van der Waals surface area (Å²) in [6, 6.07) is 5.22. The molecule has 0 atom stereocenters. The molecule has 0 aliphatic heterocycles. The van der Waals surface area contributed by atoms with Gasteiger partial charge in [0.25, 0.3) is 0 Å². The number of pyridine rings is 1. The third-order valence-corrected chi connectivity index (χ3v) is 3.15. The lowest BCUT2D eigenvalue weighted by molar-refractivity contribution is 0.213. The number of aromatic nitrogens is 5. The molecule has 9 nitrogen and oxygen atoms in total. The minimum absolute atomic E-state index is 0.136. The Labute approximate surface area is 144 Å². The molecule has 0 fully saturated rings. The number of nitrogens with zero attached hydrogens (tertiary/aromatic N) is 5. The predicted octanol–water partition coefficient (Wildman–Crippen LogP) is 2.58. The zero-order valence-corrected chi connectivity index (χ0v) is 14.0. The Morgan fingerprint density at radius 2 is 1.92 bits per heavy atom. The highest BCUT2D eigenvalue weighted by Crippen LogP contribution is 2.25. The van der Waals surface area contributed by atoms with E-state index in [9.17, 15) is 4.79 Å². The van der Waals surface area contributed by atoms with Crippen molar-refractivity contribution in [3.63, 3.8) is 0 Å². The molecule has 0 radical (unpaired) electrons. The molecule has 0 aliphatic rings.